The molecule has 3 heterocycles. The molecule has 0 aromatic carbocycles. The number of allylic oxidation sites excluding steroid dienone is 2. The molecule has 14 heavy (non-hydrogen) atoms. The minimum atomic E-state index is 0.965. The van der Waals surface area contributed by atoms with Gasteiger partial charge in [0.15, 0.2) is 0 Å². The fraction of sp³-hybridized carbons (Fsp3) is 0.0909. The van der Waals surface area contributed by atoms with Gasteiger partial charge in [-0.3, -0.25) is 4.99 Å². The van der Waals surface area contributed by atoms with E-state index in [9.17, 15) is 0 Å². The van der Waals surface area contributed by atoms with E-state index in [2.05, 4.69) is 22.1 Å². The molecule has 0 spiro atoms. The van der Waals surface area contributed by atoms with Crippen LogP contribution in [0, 0.1) is 0 Å². The average molecular weight is 200 g/mol. The third-order valence-electron chi connectivity index (χ3n) is 2.21. The summed E-state index contributed by atoms with van der Waals surface area (Å²) in [4.78, 5) is 8.89. The highest BCUT2D eigenvalue weighted by molar-refractivity contribution is 7.99. The zero-order valence-corrected chi connectivity index (χ0v) is 8.29. The quantitative estimate of drug-likeness (QED) is 0.624. The molecular weight excluding hydrogens is 192 g/mol. The molecule has 0 unspecified atom stereocenters. The number of hydrogen-bond acceptors (Lipinski definition) is 3. The van der Waals surface area contributed by atoms with E-state index in [1.165, 1.54) is 5.22 Å². The Balaban J connectivity index is 2.37. The van der Waals surface area contributed by atoms with Crippen LogP contribution in [0.1, 0.15) is 0 Å². The monoisotopic (exact) mass is 200 g/mol. The Labute approximate surface area is 85.8 Å². The van der Waals surface area contributed by atoms with Crippen molar-refractivity contribution in [3.63, 3.8) is 0 Å². The molecule has 1 aromatic rings. The maximum absolute atomic E-state index is 4.56. The van der Waals surface area contributed by atoms with Crippen molar-refractivity contribution in [2.45, 2.75) is 5.03 Å². The van der Waals surface area contributed by atoms with Crippen molar-refractivity contribution >= 4 is 35.8 Å². The summed E-state index contributed by atoms with van der Waals surface area (Å²) in [6.07, 6.45) is 9.89. The fourth-order valence-electron chi connectivity index (χ4n) is 1.53. The van der Waals surface area contributed by atoms with Gasteiger partial charge in [0.05, 0.1) is 11.0 Å². The molecule has 0 N–H and O–H groups in total. The summed E-state index contributed by atoms with van der Waals surface area (Å²) in [6, 6.07) is 2.11. The molecule has 0 fully saturated rings. The zero-order chi connectivity index (χ0) is 9.38. The molecule has 0 aliphatic carbocycles. The Kier molecular flexibility index (Phi) is 1.77. The standard InChI is InChI=1S/C11H8N2S/c1-2-5-12-10-7-8-4-6-14-11(8)13-9(10)3-1/h1-5,7H,6H2. The zero-order valence-electron chi connectivity index (χ0n) is 7.47. The van der Waals surface area contributed by atoms with Gasteiger partial charge < -0.3 is 0 Å². The molecule has 3 heteroatoms. The van der Waals surface area contributed by atoms with Crippen LogP contribution in [0.4, 0.5) is 5.69 Å². The van der Waals surface area contributed by atoms with E-state index in [1.807, 2.05) is 18.2 Å². The molecule has 0 saturated heterocycles. The number of pyridine rings is 1. The molecule has 0 amide bonds. The van der Waals surface area contributed by atoms with Crippen LogP contribution in [0.2, 0.25) is 0 Å². The highest BCUT2D eigenvalue weighted by Crippen LogP contribution is 2.16. The highest BCUT2D eigenvalue weighted by atomic mass is 32.2. The van der Waals surface area contributed by atoms with Gasteiger partial charge >= 0.3 is 0 Å². The summed E-state index contributed by atoms with van der Waals surface area (Å²) in [6.45, 7) is 0. The fourth-order valence-corrected chi connectivity index (χ4v) is 2.42. The average Bonchev–Trinajstić information content (AvgIpc) is 2.51. The van der Waals surface area contributed by atoms with Crippen molar-refractivity contribution < 1.29 is 0 Å². The Morgan fingerprint density at radius 2 is 2.29 bits per heavy atom. The van der Waals surface area contributed by atoms with Gasteiger partial charge in [-0.05, 0) is 18.2 Å². The van der Waals surface area contributed by atoms with E-state index in [-0.39, 0.29) is 0 Å². The minimum absolute atomic E-state index is 0.965. The van der Waals surface area contributed by atoms with Gasteiger partial charge in [0.1, 0.15) is 5.03 Å². The number of nitrogens with zero attached hydrogens (tertiary/aromatic N) is 2. The SMILES string of the molecule is C1=CC=c2nc3c(cc2N=C1)=CCS3. The van der Waals surface area contributed by atoms with Gasteiger partial charge in [0.25, 0.3) is 0 Å². The second-order valence-electron chi connectivity index (χ2n) is 3.13. The molecule has 3 rings (SSSR count). The van der Waals surface area contributed by atoms with Crippen LogP contribution < -0.4 is 10.6 Å². The number of aromatic nitrogens is 1. The van der Waals surface area contributed by atoms with Crippen LogP contribution in [0.5, 0.6) is 0 Å². The summed E-state index contributed by atoms with van der Waals surface area (Å²) in [5.41, 5.74) is 0.965. The third kappa shape index (κ3) is 1.21. The van der Waals surface area contributed by atoms with Gasteiger partial charge in [-0.2, -0.15) is 0 Å². The van der Waals surface area contributed by atoms with Crippen molar-refractivity contribution in [3.05, 3.63) is 28.8 Å². The van der Waals surface area contributed by atoms with Crippen LogP contribution in [-0.4, -0.2) is 17.0 Å². The van der Waals surface area contributed by atoms with Crippen molar-refractivity contribution in [2.75, 3.05) is 5.75 Å². The lowest BCUT2D eigenvalue weighted by atomic mass is 10.3. The first-order valence-electron chi connectivity index (χ1n) is 4.48. The molecule has 1 aromatic heterocycles. The molecule has 0 saturated carbocycles. The summed E-state index contributed by atoms with van der Waals surface area (Å²) in [5.74, 6) is 1.03. The van der Waals surface area contributed by atoms with E-state index < -0.39 is 0 Å². The van der Waals surface area contributed by atoms with Crippen molar-refractivity contribution in [1.29, 1.82) is 0 Å². The molecule has 0 atom stereocenters. The first kappa shape index (κ1) is 8.00. The predicted molar refractivity (Wildman–Crippen MR) is 60.4 cm³/mol. The largest absolute Gasteiger partial charge is 0.255 e. The number of thioether (sulfide) groups is 1. The molecule has 68 valence electrons. The first-order chi connectivity index (χ1) is 6.93. The molecular formula is C11H8N2S. The Morgan fingerprint density at radius 3 is 3.29 bits per heavy atom. The molecule has 2 aliphatic rings. The normalized spacial score (nSPS) is 16.6. The minimum Gasteiger partial charge on any atom is -0.255 e. The maximum Gasteiger partial charge on any atom is 0.104 e. The Hall–Kier alpha value is -1.35. The van der Waals surface area contributed by atoms with Crippen LogP contribution in [-0.2, 0) is 0 Å². The second kappa shape index (κ2) is 3.10. The molecule has 0 bridgehead atoms. The van der Waals surface area contributed by atoms with E-state index >= 15 is 0 Å². The van der Waals surface area contributed by atoms with Gasteiger partial charge in [-0.1, -0.05) is 12.2 Å². The van der Waals surface area contributed by atoms with Crippen LogP contribution in [0.25, 0.3) is 12.2 Å². The van der Waals surface area contributed by atoms with E-state index in [0.717, 1.165) is 21.8 Å². The van der Waals surface area contributed by atoms with Gasteiger partial charge in [-0.25, -0.2) is 4.98 Å². The molecule has 2 aliphatic heterocycles. The lowest BCUT2D eigenvalue weighted by molar-refractivity contribution is 1.07. The number of aliphatic imine (C=N–C) groups is 1. The third-order valence-corrected chi connectivity index (χ3v) is 3.15. The van der Waals surface area contributed by atoms with Crippen molar-refractivity contribution in [3.8, 4) is 0 Å². The predicted octanol–water partition coefficient (Wildman–Crippen LogP) is 1.02. The van der Waals surface area contributed by atoms with Gasteiger partial charge in [-0.15, -0.1) is 11.8 Å². The lowest BCUT2D eigenvalue weighted by Crippen LogP contribution is -2.15. The number of rotatable bonds is 0. The Bertz CT molecular complexity index is 555. The molecule has 2 nitrogen and oxygen atoms in total. The van der Waals surface area contributed by atoms with Gasteiger partial charge in [0, 0.05) is 17.2 Å². The maximum atomic E-state index is 4.56. The van der Waals surface area contributed by atoms with E-state index in [4.69, 9.17) is 0 Å². The topological polar surface area (TPSA) is 25.2 Å². The summed E-state index contributed by atoms with van der Waals surface area (Å²) in [7, 11) is 0. The first-order valence-corrected chi connectivity index (χ1v) is 5.47. The van der Waals surface area contributed by atoms with Crippen molar-refractivity contribution in [1.82, 2.24) is 4.98 Å². The van der Waals surface area contributed by atoms with E-state index in [0.29, 0.717) is 0 Å². The number of fused-ring (bicyclic) bond motifs is 2. The summed E-state index contributed by atoms with van der Waals surface area (Å²) in [5, 5.41) is 3.32. The number of hydrogen-bond donors (Lipinski definition) is 0. The van der Waals surface area contributed by atoms with Gasteiger partial charge in [0.2, 0.25) is 0 Å². The highest BCUT2D eigenvalue weighted by Gasteiger charge is 2.07. The lowest BCUT2D eigenvalue weighted by Gasteiger charge is -1.96. The molecule has 0 radical (unpaired) electrons. The smallest absolute Gasteiger partial charge is 0.104 e. The summed E-state index contributed by atoms with van der Waals surface area (Å²) >= 11 is 1.78. The van der Waals surface area contributed by atoms with Crippen molar-refractivity contribution in [2.24, 2.45) is 4.99 Å². The Morgan fingerprint density at radius 1 is 1.29 bits per heavy atom. The van der Waals surface area contributed by atoms with Crippen LogP contribution in [0.3, 0.4) is 0 Å². The van der Waals surface area contributed by atoms with Crippen LogP contribution >= 0.6 is 11.8 Å². The van der Waals surface area contributed by atoms with Crippen LogP contribution in [0.15, 0.2) is 28.2 Å². The van der Waals surface area contributed by atoms with E-state index in [1.54, 1.807) is 18.0 Å². The summed E-state index contributed by atoms with van der Waals surface area (Å²) < 4.78 is 0. The second-order valence-corrected chi connectivity index (χ2v) is 4.14.